The molecule has 1 unspecified atom stereocenters. The van der Waals surface area contributed by atoms with E-state index in [0.717, 1.165) is 22.4 Å². The number of benzene rings is 2. The molecule has 2 aromatic rings. The van der Waals surface area contributed by atoms with E-state index in [4.69, 9.17) is 5.73 Å². The Bertz CT molecular complexity index is 730. The molecule has 0 aromatic heterocycles. The number of halogens is 1. The number of nitrogens with two attached hydrogens (primary N) is 1. The van der Waals surface area contributed by atoms with Crippen LogP contribution in [0.2, 0.25) is 0 Å². The highest BCUT2D eigenvalue weighted by Crippen LogP contribution is 2.19. The van der Waals surface area contributed by atoms with Gasteiger partial charge in [-0.2, -0.15) is 0 Å². The number of anilines is 1. The van der Waals surface area contributed by atoms with E-state index in [1.807, 2.05) is 69.3 Å². The van der Waals surface area contributed by atoms with Gasteiger partial charge in [-0.3, -0.25) is 9.59 Å². The van der Waals surface area contributed by atoms with Crippen LogP contribution < -0.4 is 11.1 Å². The first-order valence-corrected chi connectivity index (χ1v) is 8.39. The second-order valence-corrected chi connectivity index (χ2v) is 6.06. The minimum Gasteiger partial charge on any atom is -0.332 e. The molecule has 0 aliphatic carbocycles. The molecule has 1 atom stereocenters. The monoisotopic (exact) mass is 375 g/mol. The van der Waals surface area contributed by atoms with Crippen molar-refractivity contribution in [2.45, 2.75) is 26.8 Å². The van der Waals surface area contributed by atoms with Crippen molar-refractivity contribution in [3.05, 3.63) is 65.2 Å². The highest BCUT2D eigenvalue weighted by molar-refractivity contribution is 5.96. The standard InChI is InChI=1S/C20H25N3O2.ClH/c1-4-23(20(25)18(21)16-11-6-5-7-12-16)13-17(24)22-19-14(2)9-8-10-15(19)3;/h5-12,18H,4,13,21H2,1-3H3,(H,22,24);1H. The van der Waals surface area contributed by atoms with Crippen LogP contribution in [0.3, 0.4) is 0 Å². The summed E-state index contributed by atoms with van der Waals surface area (Å²) in [5, 5.41) is 2.90. The van der Waals surface area contributed by atoms with Crippen molar-refractivity contribution in [3.8, 4) is 0 Å². The van der Waals surface area contributed by atoms with Gasteiger partial charge in [-0.15, -0.1) is 12.4 Å². The van der Waals surface area contributed by atoms with Gasteiger partial charge >= 0.3 is 0 Å². The van der Waals surface area contributed by atoms with Gasteiger partial charge < -0.3 is 16.0 Å². The van der Waals surface area contributed by atoms with Gasteiger partial charge in [0.2, 0.25) is 11.8 Å². The number of carbonyl (C=O) groups excluding carboxylic acids is 2. The van der Waals surface area contributed by atoms with E-state index in [1.54, 1.807) is 0 Å². The second-order valence-electron chi connectivity index (χ2n) is 6.06. The Labute approximate surface area is 161 Å². The minimum absolute atomic E-state index is 0. The van der Waals surface area contributed by atoms with E-state index < -0.39 is 6.04 Å². The summed E-state index contributed by atoms with van der Waals surface area (Å²) in [4.78, 5) is 26.5. The van der Waals surface area contributed by atoms with E-state index in [0.29, 0.717) is 6.54 Å². The molecule has 0 radical (unpaired) electrons. The summed E-state index contributed by atoms with van der Waals surface area (Å²) in [6.45, 7) is 6.11. The first-order valence-electron chi connectivity index (χ1n) is 8.39. The van der Waals surface area contributed by atoms with E-state index in [2.05, 4.69) is 5.32 Å². The summed E-state index contributed by atoms with van der Waals surface area (Å²) in [5.74, 6) is -0.488. The molecule has 2 aromatic carbocycles. The molecule has 0 bridgehead atoms. The van der Waals surface area contributed by atoms with Crippen LogP contribution in [0.4, 0.5) is 5.69 Å². The lowest BCUT2D eigenvalue weighted by Crippen LogP contribution is -2.42. The number of aryl methyl sites for hydroxylation is 2. The number of hydrogen-bond donors (Lipinski definition) is 2. The van der Waals surface area contributed by atoms with Crippen LogP contribution in [0.1, 0.15) is 29.7 Å². The SMILES string of the molecule is CCN(CC(=O)Nc1c(C)cccc1C)C(=O)C(N)c1ccccc1.Cl. The van der Waals surface area contributed by atoms with E-state index in [1.165, 1.54) is 4.90 Å². The van der Waals surface area contributed by atoms with Crippen LogP contribution in [-0.2, 0) is 9.59 Å². The Balaban J connectivity index is 0.00000338. The molecule has 6 heteroatoms. The van der Waals surface area contributed by atoms with Crippen LogP contribution in [0.15, 0.2) is 48.5 Å². The summed E-state index contributed by atoms with van der Waals surface area (Å²) in [7, 11) is 0. The molecule has 3 N–H and O–H groups in total. The smallest absolute Gasteiger partial charge is 0.244 e. The third kappa shape index (κ3) is 5.31. The van der Waals surface area contributed by atoms with Crippen molar-refractivity contribution >= 4 is 29.9 Å². The maximum atomic E-state index is 12.6. The molecule has 0 saturated heterocycles. The highest BCUT2D eigenvalue weighted by Gasteiger charge is 2.23. The lowest BCUT2D eigenvalue weighted by molar-refractivity contribution is -0.135. The highest BCUT2D eigenvalue weighted by atomic mass is 35.5. The molecule has 26 heavy (non-hydrogen) atoms. The molecule has 2 amide bonds. The fraction of sp³-hybridized carbons (Fsp3) is 0.300. The van der Waals surface area contributed by atoms with E-state index in [9.17, 15) is 9.59 Å². The average Bonchev–Trinajstić information content (AvgIpc) is 2.62. The molecule has 0 spiro atoms. The number of rotatable bonds is 6. The Kier molecular flexibility index (Phi) is 8.29. The number of nitrogens with zero attached hydrogens (tertiary/aromatic N) is 1. The summed E-state index contributed by atoms with van der Waals surface area (Å²) < 4.78 is 0. The maximum absolute atomic E-state index is 12.6. The van der Waals surface area contributed by atoms with Crippen LogP contribution in [-0.4, -0.2) is 29.8 Å². The summed E-state index contributed by atoms with van der Waals surface area (Å²) in [5.41, 5.74) is 9.58. The van der Waals surface area contributed by atoms with Crippen LogP contribution in [0.5, 0.6) is 0 Å². The summed E-state index contributed by atoms with van der Waals surface area (Å²) >= 11 is 0. The van der Waals surface area contributed by atoms with Gasteiger partial charge in [0.25, 0.3) is 0 Å². The number of nitrogens with one attached hydrogen (secondary N) is 1. The van der Waals surface area contributed by atoms with Crippen molar-refractivity contribution in [2.24, 2.45) is 5.73 Å². The van der Waals surface area contributed by atoms with Crippen LogP contribution >= 0.6 is 12.4 Å². The Morgan fingerprint density at radius 3 is 2.15 bits per heavy atom. The predicted octanol–water partition coefficient (Wildman–Crippen LogP) is 3.21. The molecule has 2 rings (SSSR count). The number of para-hydroxylation sites is 1. The van der Waals surface area contributed by atoms with Gasteiger partial charge in [-0.05, 0) is 37.5 Å². The molecular weight excluding hydrogens is 350 g/mol. The van der Waals surface area contributed by atoms with Crippen molar-refractivity contribution < 1.29 is 9.59 Å². The number of hydrogen-bond acceptors (Lipinski definition) is 3. The first-order chi connectivity index (χ1) is 11.9. The second kappa shape index (κ2) is 9.94. The third-order valence-corrected chi connectivity index (χ3v) is 4.20. The molecule has 0 fully saturated rings. The maximum Gasteiger partial charge on any atom is 0.244 e. The minimum atomic E-state index is -0.769. The average molecular weight is 376 g/mol. The van der Waals surface area contributed by atoms with Crippen molar-refractivity contribution in [1.29, 1.82) is 0 Å². The summed E-state index contributed by atoms with van der Waals surface area (Å²) in [6, 6.07) is 14.2. The topological polar surface area (TPSA) is 75.4 Å². The lowest BCUT2D eigenvalue weighted by Gasteiger charge is -2.24. The number of likely N-dealkylation sites (N-methyl/N-ethyl adjacent to an activating group) is 1. The van der Waals surface area contributed by atoms with Gasteiger partial charge in [0.1, 0.15) is 6.04 Å². The zero-order chi connectivity index (χ0) is 18.4. The number of carbonyl (C=O) groups is 2. The zero-order valence-electron chi connectivity index (χ0n) is 15.4. The molecule has 0 saturated carbocycles. The summed E-state index contributed by atoms with van der Waals surface area (Å²) in [6.07, 6.45) is 0. The van der Waals surface area contributed by atoms with Gasteiger partial charge in [-0.1, -0.05) is 48.5 Å². The lowest BCUT2D eigenvalue weighted by atomic mass is 10.1. The molecule has 0 aliphatic heterocycles. The Morgan fingerprint density at radius 2 is 1.62 bits per heavy atom. The molecule has 0 aliphatic rings. The number of amides is 2. The van der Waals surface area contributed by atoms with E-state index >= 15 is 0 Å². The molecule has 140 valence electrons. The van der Waals surface area contributed by atoms with Gasteiger partial charge in [0.15, 0.2) is 0 Å². The molecule has 0 heterocycles. The van der Waals surface area contributed by atoms with Gasteiger partial charge in [0.05, 0.1) is 6.54 Å². The van der Waals surface area contributed by atoms with Gasteiger partial charge in [-0.25, -0.2) is 0 Å². The van der Waals surface area contributed by atoms with Crippen LogP contribution in [0.25, 0.3) is 0 Å². The Hall–Kier alpha value is -2.37. The fourth-order valence-electron chi connectivity index (χ4n) is 2.71. The largest absolute Gasteiger partial charge is 0.332 e. The third-order valence-electron chi connectivity index (χ3n) is 4.20. The quantitative estimate of drug-likeness (QED) is 0.814. The van der Waals surface area contributed by atoms with Crippen molar-refractivity contribution in [1.82, 2.24) is 4.90 Å². The molecular formula is C20H26ClN3O2. The van der Waals surface area contributed by atoms with Crippen molar-refractivity contribution in [2.75, 3.05) is 18.4 Å². The first kappa shape index (κ1) is 21.7. The zero-order valence-corrected chi connectivity index (χ0v) is 16.2. The fourth-order valence-corrected chi connectivity index (χ4v) is 2.71. The van der Waals surface area contributed by atoms with Gasteiger partial charge in [0, 0.05) is 12.2 Å². The van der Waals surface area contributed by atoms with Crippen LogP contribution in [0, 0.1) is 13.8 Å². The van der Waals surface area contributed by atoms with Crippen molar-refractivity contribution in [3.63, 3.8) is 0 Å². The predicted molar refractivity (Wildman–Crippen MR) is 107 cm³/mol. The normalized spacial score (nSPS) is 11.2. The van der Waals surface area contributed by atoms with E-state index in [-0.39, 0.29) is 30.8 Å². The molecule has 5 nitrogen and oxygen atoms in total. The Morgan fingerprint density at radius 1 is 1.04 bits per heavy atom.